The number of hydrogen-bond donors (Lipinski definition) is 2. The third-order valence-corrected chi connectivity index (χ3v) is 3.18. The molecule has 4 nitrogen and oxygen atoms in total. The number of amides is 1. The van der Waals surface area contributed by atoms with Crippen molar-refractivity contribution >= 4 is 40.5 Å². The first-order chi connectivity index (χ1) is 9.51. The Hall–Kier alpha value is -2.22. The molecule has 0 aromatic heterocycles. The van der Waals surface area contributed by atoms with E-state index in [0.29, 0.717) is 32.5 Å². The Morgan fingerprint density at radius 1 is 1.20 bits per heavy atom. The molecule has 0 saturated carbocycles. The normalized spacial score (nSPS) is 9.85. The lowest BCUT2D eigenvalue weighted by Crippen LogP contribution is -2.13. The van der Waals surface area contributed by atoms with Gasteiger partial charge in [-0.3, -0.25) is 4.79 Å². The van der Waals surface area contributed by atoms with E-state index in [-0.39, 0.29) is 0 Å². The maximum atomic E-state index is 12.1. The maximum absolute atomic E-state index is 12.1. The summed E-state index contributed by atoms with van der Waals surface area (Å²) >= 11 is 11.7. The van der Waals surface area contributed by atoms with Crippen LogP contribution in [0.25, 0.3) is 0 Å². The van der Waals surface area contributed by atoms with Crippen molar-refractivity contribution in [3.63, 3.8) is 0 Å². The van der Waals surface area contributed by atoms with E-state index in [1.54, 1.807) is 18.2 Å². The minimum atomic E-state index is -0.398. The van der Waals surface area contributed by atoms with Gasteiger partial charge < -0.3 is 11.1 Å². The summed E-state index contributed by atoms with van der Waals surface area (Å²) < 4.78 is 0. The Bertz CT molecular complexity index is 723. The van der Waals surface area contributed by atoms with Crippen LogP contribution in [-0.4, -0.2) is 5.91 Å². The zero-order valence-corrected chi connectivity index (χ0v) is 11.7. The molecule has 0 atom stereocenters. The summed E-state index contributed by atoms with van der Waals surface area (Å²) in [5, 5.41) is 12.3. The quantitative estimate of drug-likeness (QED) is 0.830. The standard InChI is InChI=1S/C14H9Cl2N3O/c15-10-3-1-9(7-17)13(6-10)19-14(20)8-2-4-12(18)11(16)5-8/h1-6H,18H2,(H,19,20). The highest BCUT2D eigenvalue weighted by Gasteiger charge is 2.11. The van der Waals surface area contributed by atoms with Crippen molar-refractivity contribution in [1.82, 2.24) is 0 Å². The van der Waals surface area contributed by atoms with Crippen LogP contribution in [-0.2, 0) is 0 Å². The number of nitriles is 1. The number of halogens is 2. The number of carbonyl (C=O) groups excluding carboxylic acids is 1. The molecule has 0 aliphatic carbocycles. The summed E-state index contributed by atoms with van der Waals surface area (Å²) in [5.41, 5.74) is 6.98. The number of nitrogens with two attached hydrogens (primary N) is 1. The molecule has 0 unspecified atom stereocenters. The van der Waals surface area contributed by atoms with Gasteiger partial charge >= 0.3 is 0 Å². The van der Waals surface area contributed by atoms with E-state index in [1.165, 1.54) is 18.2 Å². The fourth-order valence-electron chi connectivity index (χ4n) is 1.58. The van der Waals surface area contributed by atoms with Crippen molar-refractivity contribution in [3.8, 4) is 6.07 Å². The Morgan fingerprint density at radius 3 is 2.60 bits per heavy atom. The van der Waals surface area contributed by atoms with Gasteiger partial charge in [0.25, 0.3) is 5.91 Å². The van der Waals surface area contributed by atoms with Gasteiger partial charge in [0.05, 0.1) is 22.0 Å². The summed E-state index contributed by atoms with van der Waals surface area (Å²) in [7, 11) is 0. The van der Waals surface area contributed by atoms with Gasteiger partial charge in [0.1, 0.15) is 6.07 Å². The van der Waals surface area contributed by atoms with Crippen molar-refractivity contribution in [2.75, 3.05) is 11.1 Å². The van der Waals surface area contributed by atoms with Gasteiger partial charge in [-0.05, 0) is 36.4 Å². The predicted octanol–water partition coefficient (Wildman–Crippen LogP) is 3.70. The molecule has 0 spiro atoms. The van der Waals surface area contributed by atoms with Gasteiger partial charge in [-0.2, -0.15) is 5.26 Å². The van der Waals surface area contributed by atoms with Crippen LogP contribution in [0.1, 0.15) is 15.9 Å². The molecule has 0 heterocycles. The lowest BCUT2D eigenvalue weighted by molar-refractivity contribution is 0.102. The van der Waals surface area contributed by atoms with Gasteiger partial charge in [-0.25, -0.2) is 0 Å². The predicted molar refractivity (Wildman–Crippen MR) is 80.0 cm³/mol. The third-order valence-electron chi connectivity index (χ3n) is 2.61. The number of hydrogen-bond acceptors (Lipinski definition) is 3. The van der Waals surface area contributed by atoms with Crippen LogP contribution in [0.5, 0.6) is 0 Å². The fourth-order valence-corrected chi connectivity index (χ4v) is 1.93. The van der Waals surface area contributed by atoms with Crippen LogP contribution in [0.15, 0.2) is 36.4 Å². The molecular weight excluding hydrogens is 297 g/mol. The molecular formula is C14H9Cl2N3O. The lowest BCUT2D eigenvalue weighted by Gasteiger charge is -2.08. The van der Waals surface area contributed by atoms with Crippen LogP contribution in [0, 0.1) is 11.3 Å². The second kappa shape index (κ2) is 5.83. The zero-order chi connectivity index (χ0) is 14.7. The molecule has 0 bridgehead atoms. The van der Waals surface area contributed by atoms with Crippen LogP contribution >= 0.6 is 23.2 Å². The number of rotatable bonds is 2. The van der Waals surface area contributed by atoms with Crippen molar-refractivity contribution in [2.45, 2.75) is 0 Å². The molecule has 2 rings (SSSR count). The second-order valence-corrected chi connectivity index (χ2v) is 4.84. The molecule has 1 amide bonds. The summed E-state index contributed by atoms with van der Waals surface area (Å²) in [6.45, 7) is 0. The molecule has 2 aromatic rings. The number of benzene rings is 2. The second-order valence-electron chi connectivity index (χ2n) is 3.99. The van der Waals surface area contributed by atoms with E-state index in [0.717, 1.165) is 0 Å². The monoisotopic (exact) mass is 305 g/mol. The summed E-state index contributed by atoms with van der Waals surface area (Å²) in [6, 6.07) is 11.2. The SMILES string of the molecule is N#Cc1ccc(Cl)cc1NC(=O)c1ccc(N)c(Cl)c1. The first kappa shape index (κ1) is 14.2. The molecule has 0 aliphatic rings. The molecule has 0 fully saturated rings. The van der Waals surface area contributed by atoms with E-state index >= 15 is 0 Å². The van der Waals surface area contributed by atoms with E-state index < -0.39 is 5.91 Å². The average Bonchev–Trinajstić information content (AvgIpc) is 2.42. The van der Waals surface area contributed by atoms with Crippen molar-refractivity contribution in [3.05, 3.63) is 57.6 Å². The average molecular weight is 306 g/mol. The van der Waals surface area contributed by atoms with Crippen molar-refractivity contribution in [2.24, 2.45) is 0 Å². The van der Waals surface area contributed by atoms with Crippen molar-refractivity contribution < 1.29 is 4.79 Å². The smallest absolute Gasteiger partial charge is 0.255 e. The fraction of sp³-hybridized carbons (Fsp3) is 0. The molecule has 0 aliphatic heterocycles. The summed E-state index contributed by atoms with van der Waals surface area (Å²) in [6.07, 6.45) is 0. The molecule has 0 saturated heterocycles. The van der Waals surface area contributed by atoms with Crippen LogP contribution in [0.3, 0.4) is 0 Å². The van der Waals surface area contributed by atoms with E-state index in [2.05, 4.69) is 5.32 Å². The highest BCUT2D eigenvalue weighted by molar-refractivity contribution is 6.33. The van der Waals surface area contributed by atoms with Crippen LogP contribution in [0.4, 0.5) is 11.4 Å². The van der Waals surface area contributed by atoms with Crippen LogP contribution in [0.2, 0.25) is 10.0 Å². The maximum Gasteiger partial charge on any atom is 0.255 e. The Labute approximate surface area is 125 Å². The van der Waals surface area contributed by atoms with E-state index in [9.17, 15) is 4.79 Å². The van der Waals surface area contributed by atoms with E-state index in [4.69, 9.17) is 34.2 Å². The minimum absolute atomic E-state index is 0.296. The first-order valence-electron chi connectivity index (χ1n) is 5.57. The summed E-state index contributed by atoms with van der Waals surface area (Å²) in [5.74, 6) is -0.398. The lowest BCUT2D eigenvalue weighted by atomic mass is 10.1. The topological polar surface area (TPSA) is 78.9 Å². The summed E-state index contributed by atoms with van der Waals surface area (Å²) in [4.78, 5) is 12.1. The van der Waals surface area contributed by atoms with E-state index in [1.807, 2.05) is 6.07 Å². The molecule has 2 aromatic carbocycles. The van der Waals surface area contributed by atoms with Gasteiger partial charge in [0.2, 0.25) is 0 Å². The van der Waals surface area contributed by atoms with Crippen LogP contribution < -0.4 is 11.1 Å². The minimum Gasteiger partial charge on any atom is -0.398 e. The molecule has 0 radical (unpaired) electrons. The van der Waals surface area contributed by atoms with Gasteiger partial charge in [-0.15, -0.1) is 0 Å². The van der Waals surface area contributed by atoms with Gasteiger partial charge in [0, 0.05) is 10.6 Å². The molecule has 3 N–H and O–H groups in total. The number of nitrogens with one attached hydrogen (secondary N) is 1. The largest absolute Gasteiger partial charge is 0.398 e. The van der Waals surface area contributed by atoms with Gasteiger partial charge in [-0.1, -0.05) is 23.2 Å². The Kier molecular flexibility index (Phi) is 4.14. The Morgan fingerprint density at radius 2 is 1.95 bits per heavy atom. The zero-order valence-electron chi connectivity index (χ0n) is 10.2. The number of carbonyl (C=O) groups is 1. The van der Waals surface area contributed by atoms with Crippen molar-refractivity contribution in [1.29, 1.82) is 5.26 Å². The number of nitrogen functional groups attached to an aromatic ring is 1. The molecule has 6 heteroatoms. The Balaban J connectivity index is 2.30. The van der Waals surface area contributed by atoms with Gasteiger partial charge in [0.15, 0.2) is 0 Å². The highest BCUT2D eigenvalue weighted by atomic mass is 35.5. The first-order valence-corrected chi connectivity index (χ1v) is 6.33. The molecule has 100 valence electrons. The molecule has 20 heavy (non-hydrogen) atoms. The highest BCUT2D eigenvalue weighted by Crippen LogP contribution is 2.23. The number of anilines is 2. The third kappa shape index (κ3) is 3.02. The number of nitrogens with zero attached hydrogens (tertiary/aromatic N) is 1.